The molecule has 0 bridgehead atoms. The minimum Gasteiger partial charge on any atom is -0.490 e. The van der Waals surface area contributed by atoms with Crippen molar-refractivity contribution < 1.29 is 14.2 Å². The van der Waals surface area contributed by atoms with E-state index in [4.69, 9.17) is 9.84 Å². The fourth-order valence-electron chi connectivity index (χ4n) is 2.31. The zero-order valence-electron chi connectivity index (χ0n) is 15.8. The molecular formula is C19H31FIN3O2. The summed E-state index contributed by atoms with van der Waals surface area (Å²) in [6.07, 6.45) is 2.37. The van der Waals surface area contributed by atoms with Gasteiger partial charge in [-0.25, -0.2) is 4.39 Å². The maximum absolute atomic E-state index is 14.2. The number of guanidine groups is 1. The summed E-state index contributed by atoms with van der Waals surface area (Å²) >= 11 is 0. The highest BCUT2D eigenvalue weighted by Crippen LogP contribution is 2.30. The summed E-state index contributed by atoms with van der Waals surface area (Å²) in [5, 5.41) is 15.5. The van der Waals surface area contributed by atoms with Crippen LogP contribution >= 0.6 is 24.0 Å². The first kappa shape index (κ1) is 23.0. The lowest BCUT2D eigenvalue weighted by Gasteiger charge is -2.19. The Morgan fingerprint density at radius 2 is 2.12 bits per heavy atom. The van der Waals surface area contributed by atoms with E-state index in [0.29, 0.717) is 30.8 Å². The molecule has 1 aliphatic rings. The number of hydrogen-bond donors (Lipinski definition) is 3. The van der Waals surface area contributed by atoms with Crippen molar-refractivity contribution in [2.45, 2.75) is 39.7 Å². The van der Waals surface area contributed by atoms with Crippen molar-refractivity contribution in [2.75, 3.05) is 26.3 Å². The first-order chi connectivity index (χ1) is 12.0. The van der Waals surface area contributed by atoms with Gasteiger partial charge in [-0.05, 0) is 56.2 Å². The van der Waals surface area contributed by atoms with E-state index in [1.54, 1.807) is 6.07 Å². The summed E-state index contributed by atoms with van der Waals surface area (Å²) in [4.78, 5) is 4.46. The van der Waals surface area contributed by atoms with E-state index >= 15 is 0 Å². The standard InChI is InChI=1S/C19H30FN3O2.HI/c1-4-21-19(22-10-13(2)11-24)23-14(3)16-7-8-18(17(20)9-16)25-12-15-5-6-15;/h7-9,13-15,24H,4-6,10-12H2,1-3H3,(H2,21,22,23);1H. The van der Waals surface area contributed by atoms with Crippen molar-refractivity contribution in [3.63, 3.8) is 0 Å². The van der Waals surface area contributed by atoms with E-state index in [1.807, 2.05) is 26.8 Å². The number of nitrogens with one attached hydrogen (secondary N) is 2. The second-order valence-electron chi connectivity index (χ2n) is 6.82. The second kappa shape index (κ2) is 11.6. The van der Waals surface area contributed by atoms with Gasteiger partial charge in [-0.1, -0.05) is 13.0 Å². The molecule has 26 heavy (non-hydrogen) atoms. The fraction of sp³-hybridized carbons (Fsp3) is 0.632. The predicted octanol–water partition coefficient (Wildman–Crippen LogP) is 3.48. The third-order valence-corrected chi connectivity index (χ3v) is 4.20. The minimum absolute atomic E-state index is 0. The van der Waals surface area contributed by atoms with Gasteiger partial charge in [-0.3, -0.25) is 4.99 Å². The summed E-state index contributed by atoms with van der Waals surface area (Å²) in [6, 6.07) is 4.99. The molecule has 0 amide bonds. The zero-order valence-corrected chi connectivity index (χ0v) is 18.1. The summed E-state index contributed by atoms with van der Waals surface area (Å²) in [7, 11) is 0. The lowest BCUT2D eigenvalue weighted by atomic mass is 10.1. The maximum Gasteiger partial charge on any atom is 0.191 e. The molecule has 0 radical (unpaired) electrons. The summed E-state index contributed by atoms with van der Waals surface area (Å²) in [5.74, 6) is 1.35. The van der Waals surface area contributed by atoms with Gasteiger partial charge in [0.1, 0.15) is 0 Å². The Morgan fingerprint density at radius 1 is 1.38 bits per heavy atom. The second-order valence-corrected chi connectivity index (χ2v) is 6.82. The number of hydrogen-bond acceptors (Lipinski definition) is 3. The smallest absolute Gasteiger partial charge is 0.191 e. The third-order valence-electron chi connectivity index (χ3n) is 4.20. The minimum atomic E-state index is -0.331. The van der Waals surface area contributed by atoms with E-state index in [9.17, 15) is 4.39 Å². The molecule has 7 heteroatoms. The Bertz CT molecular complexity index is 582. The number of aliphatic hydroxyl groups is 1. The van der Waals surface area contributed by atoms with Crippen molar-refractivity contribution in [3.05, 3.63) is 29.6 Å². The maximum atomic E-state index is 14.2. The first-order valence-corrected chi connectivity index (χ1v) is 9.11. The van der Waals surface area contributed by atoms with Crippen LogP contribution in [0.25, 0.3) is 0 Å². The largest absolute Gasteiger partial charge is 0.490 e. The van der Waals surface area contributed by atoms with Gasteiger partial charge in [0, 0.05) is 19.7 Å². The molecule has 2 rings (SSSR count). The fourth-order valence-corrected chi connectivity index (χ4v) is 2.31. The molecule has 2 unspecified atom stereocenters. The normalized spacial score (nSPS) is 16.4. The number of aliphatic imine (C=N–C) groups is 1. The summed E-state index contributed by atoms with van der Waals surface area (Å²) in [6.45, 7) is 7.85. The number of rotatable bonds is 9. The molecule has 0 saturated heterocycles. The highest BCUT2D eigenvalue weighted by molar-refractivity contribution is 14.0. The molecule has 1 saturated carbocycles. The summed E-state index contributed by atoms with van der Waals surface area (Å²) < 4.78 is 19.8. The predicted molar refractivity (Wildman–Crippen MR) is 114 cm³/mol. The third kappa shape index (κ3) is 7.65. The topological polar surface area (TPSA) is 65.9 Å². The van der Waals surface area contributed by atoms with Crippen LogP contribution in [0.2, 0.25) is 0 Å². The lowest BCUT2D eigenvalue weighted by Crippen LogP contribution is -2.39. The molecule has 0 spiro atoms. The van der Waals surface area contributed by atoms with Gasteiger partial charge < -0.3 is 20.5 Å². The molecule has 2 atom stereocenters. The van der Waals surface area contributed by atoms with Gasteiger partial charge in [0.05, 0.1) is 12.6 Å². The SMILES string of the molecule is CCNC(=NCC(C)CO)NC(C)c1ccc(OCC2CC2)c(F)c1.I. The number of benzene rings is 1. The highest BCUT2D eigenvalue weighted by atomic mass is 127. The lowest BCUT2D eigenvalue weighted by molar-refractivity contribution is 0.241. The average molecular weight is 479 g/mol. The molecule has 3 N–H and O–H groups in total. The van der Waals surface area contributed by atoms with E-state index in [1.165, 1.54) is 18.9 Å². The Hall–Kier alpha value is -1.09. The van der Waals surface area contributed by atoms with Gasteiger partial charge in [-0.2, -0.15) is 0 Å². The van der Waals surface area contributed by atoms with Crippen molar-refractivity contribution >= 4 is 29.9 Å². The number of aliphatic hydroxyl groups excluding tert-OH is 1. The molecule has 1 aromatic carbocycles. The molecule has 0 aromatic heterocycles. The van der Waals surface area contributed by atoms with Crippen LogP contribution in [-0.4, -0.2) is 37.4 Å². The van der Waals surface area contributed by atoms with Crippen LogP contribution in [0.1, 0.15) is 45.2 Å². The summed E-state index contributed by atoms with van der Waals surface area (Å²) in [5.41, 5.74) is 0.831. The first-order valence-electron chi connectivity index (χ1n) is 9.11. The van der Waals surface area contributed by atoms with Crippen LogP contribution < -0.4 is 15.4 Å². The zero-order chi connectivity index (χ0) is 18.2. The van der Waals surface area contributed by atoms with Crippen molar-refractivity contribution in [2.24, 2.45) is 16.8 Å². The van der Waals surface area contributed by atoms with Gasteiger partial charge in [0.15, 0.2) is 17.5 Å². The Morgan fingerprint density at radius 3 is 2.69 bits per heavy atom. The van der Waals surface area contributed by atoms with Crippen LogP contribution in [-0.2, 0) is 0 Å². The van der Waals surface area contributed by atoms with Crippen molar-refractivity contribution in [3.8, 4) is 5.75 Å². The molecular weight excluding hydrogens is 448 g/mol. The van der Waals surface area contributed by atoms with E-state index < -0.39 is 0 Å². The van der Waals surface area contributed by atoms with Crippen LogP contribution in [0.4, 0.5) is 4.39 Å². The van der Waals surface area contributed by atoms with Crippen LogP contribution in [0.15, 0.2) is 23.2 Å². The van der Waals surface area contributed by atoms with Gasteiger partial charge in [0.2, 0.25) is 0 Å². The monoisotopic (exact) mass is 479 g/mol. The molecule has 0 aliphatic heterocycles. The highest BCUT2D eigenvalue weighted by Gasteiger charge is 2.22. The van der Waals surface area contributed by atoms with Crippen LogP contribution in [0.3, 0.4) is 0 Å². The Balaban J connectivity index is 0.00000338. The van der Waals surface area contributed by atoms with Crippen LogP contribution in [0, 0.1) is 17.7 Å². The average Bonchev–Trinajstić information content (AvgIpc) is 3.42. The van der Waals surface area contributed by atoms with E-state index in [2.05, 4.69) is 15.6 Å². The molecule has 0 heterocycles. The van der Waals surface area contributed by atoms with Gasteiger partial charge in [0.25, 0.3) is 0 Å². The molecule has 1 aliphatic carbocycles. The van der Waals surface area contributed by atoms with Crippen LogP contribution in [0.5, 0.6) is 5.75 Å². The molecule has 1 aromatic rings. The van der Waals surface area contributed by atoms with Crippen molar-refractivity contribution in [1.82, 2.24) is 10.6 Å². The van der Waals surface area contributed by atoms with E-state index in [0.717, 1.165) is 12.1 Å². The van der Waals surface area contributed by atoms with E-state index in [-0.39, 0.29) is 48.4 Å². The molecule has 1 fully saturated rings. The van der Waals surface area contributed by atoms with Crippen molar-refractivity contribution in [1.29, 1.82) is 0 Å². The Kier molecular flexibility index (Phi) is 10.2. The van der Waals surface area contributed by atoms with Gasteiger partial charge in [-0.15, -0.1) is 24.0 Å². The van der Waals surface area contributed by atoms with Gasteiger partial charge >= 0.3 is 0 Å². The number of ether oxygens (including phenoxy) is 1. The molecule has 148 valence electrons. The number of halogens is 2. The number of nitrogens with zero attached hydrogens (tertiary/aromatic N) is 1. The quantitative estimate of drug-likeness (QED) is 0.288. The Labute approximate surface area is 172 Å². The molecule has 5 nitrogen and oxygen atoms in total.